The largest absolute Gasteiger partial charge is 0.486 e. The minimum Gasteiger partial charge on any atom is -0.486 e. The molecule has 7 heteroatoms. The van der Waals surface area contributed by atoms with Crippen LogP contribution in [0.15, 0.2) is 23.5 Å². The molecule has 1 heterocycles. The number of hydrogen-bond donors (Lipinski definition) is 0. The van der Waals surface area contributed by atoms with Crippen molar-refractivity contribution in [1.29, 1.82) is 0 Å². The van der Waals surface area contributed by atoms with Gasteiger partial charge in [0.25, 0.3) is 0 Å². The van der Waals surface area contributed by atoms with Crippen LogP contribution >= 0.6 is 11.6 Å². The maximum Gasteiger partial charge on any atom is 0.170 e. The predicted molar refractivity (Wildman–Crippen MR) is 76.6 cm³/mol. The van der Waals surface area contributed by atoms with Gasteiger partial charge < -0.3 is 4.74 Å². The molecule has 0 saturated carbocycles. The molecule has 0 radical (unpaired) electrons. The third kappa shape index (κ3) is 4.67. The summed E-state index contributed by atoms with van der Waals surface area (Å²) in [5, 5.41) is 4.37. The van der Waals surface area contributed by atoms with Crippen molar-refractivity contribution in [2.24, 2.45) is 11.2 Å². The summed E-state index contributed by atoms with van der Waals surface area (Å²) >= 11 is 5.56. The van der Waals surface area contributed by atoms with Crippen molar-refractivity contribution in [2.75, 3.05) is 19.7 Å². The molecule has 5 nitrogen and oxygen atoms in total. The number of rotatable bonds is 7. The van der Waals surface area contributed by atoms with E-state index in [-0.39, 0.29) is 23.2 Å². The number of ketones is 1. The SMILES string of the molecule is O=NN1CCC(CCC(=O)COc2ccc(Cl)c(F)c2)C1. The quantitative estimate of drug-likeness (QED) is 0.725. The molecule has 21 heavy (non-hydrogen) atoms. The van der Waals surface area contributed by atoms with Gasteiger partial charge in [-0.05, 0) is 30.9 Å². The Morgan fingerprint density at radius 1 is 1.52 bits per heavy atom. The third-order valence-electron chi connectivity index (χ3n) is 3.50. The lowest BCUT2D eigenvalue weighted by Crippen LogP contribution is -2.15. The molecule has 1 aromatic carbocycles. The molecule has 1 aliphatic rings. The second-order valence-corrected chi connectivity index (χ2v) is 5.50. The summed E-state index contributed by atoms with van der Waals surface area (Å²) in [7, 11) is 0. The molecule has 0 aliphatic carbocycles. The number of carbonyl (C=O) groups excluding carboxylic acids is 1. The van der Waals surface area contributed by atoms with Gasteiger partial charge in [-0.2, -0.15) is 0 Å². The van der Waals surface area contributed by atoms with Gasteiger partial charge in [-0.25, -0.2) is 4.39 Å². The minimum absolute atomic E-state index is 0.0169. The fraction of sp³-hybridized carbons (Fsp3) is 0.500. The van der Waals surface area contributed by atoms with Crippen molar-refractivity contribution in [1.82, 2.24) is 5.01 Å². The number of ether oxygens (including phenoxy) is 1. The molecule has 0 bridgehead atoms. The molecule has 0 spiro atoms. The summed E-state index contributed by atoms with van der Waals surface area (Å²) in [5.41, 5.74) is 0. The summed E-state index contributed by atoms with van der Waals surface area (Å²) in [4.78, 5) is 22.1. The summed E-state index contributed by atoms with van der Waals surface area (Å²) in [6.45, 7) is 1.17. The Balaban J connectivity index is 1.70. The fourth-order valence-electron chi connectivity index (χ4n) is 2.29. The number of Topliss-reactive ketones (excluding diaryl/α,β-unsaturated/α-hetero) is 1. The van der Waals surface area contributed by atoms with E-state index in [0.29, 0.717) is 31.8 Å². The highest BCUT2D eigenvalue weighted by atomic mass is 35.5. The van der Waals surface area contributed by atoms with E-state index in [2.05, 4.69) is 5.29 Å². The maximum atomic E-state index is 13.2. The lowest BCUT2D eigenvalue weighted by Gasteiger charge is -2.09. The van der Waals surface area contributed by atoms with Gasteiger partial charge in [0.2, 0.25) is 0 Å². The molecule has 0 aromatic heterocycles. The number of nitroso groups, excluding NO2 is 1. The zero-order chi connectivity index (χ0) is 15.2. The van der Waals surface area contributed by atoms with E-state index in [1.165, 1.54) is 17.1 Å². The number of carbonyl (C=O) groups is 1. The van der Waals surface area contributed by atoms with Crippen molar-refractivity contribution in [3.05, 3.63) is 33.9 Å². The van der Waals surface area contributed by atoms with E-state index in [4.69, 9.17) is 16.3 Å². The average Bonchev–Trinajstić information content (AvgIpc) is 2.94. The molecule has 1 unspecified atom stereocenters. The number of halogens is 2. The summed E-state index contributed by atoms with van der Waals surface area (Å²) in [6.07, 6.45) is 1.97. The highest BCUT2D eigenvalue weighted by Gasteiger charge is 2.22. The number of benzene rings is 1. The van der Waals surface area contributed by atoms with Crippen LogP contribution in [-0.4, -0.2) is 30.5 Å². The van der Waals surface area contributed by atoms with Crippen molar-refractivity contribution in [3.8, 4) is 5.75 Å². The van der Waals surface area contributed by atoms with Gasteiger partial charge in [-0.15, -0.1) is 4.91 Å². The lowest BCUT2D eigenvalue weighted by molar-refractivity contribution is -0.121. The van der Waals surface area contributed by atoms with Gasteiger partial charge in [0.15, 0.2) is 5.78 Å². The fourth-order valence-corrected chi connectivity index (χ4v) is 2.41. The predicted octanol–water partition coefficient (Wildman–Crippen LogP) is 3.21. The van der Waals surface area contributed by atoms with Crippen LogP contribution in [0.5, 0.6) is 5.75 Å². The molecular weight excluding hydrogens is 299 g/mol. The molecule has 0 amide bonds. The van der Waals surface area contributed by atoms with Crippen molar-refractivity contribution < 1.29 is 13.9 Å². The molecule has 1 saturated heterocycles. The average molecular weight is 315 g/mol. The first-order valence-electron chi connectivity index (χ1n) is 6.76. The molecule has 0 N–H and O–H groups in total. The zero-order valence-electron chi connectivity index (χ0n) is 11.4. The molecule has 114 valence electrons. The van der Waals surface area contributed by atoms with E-state index < -0.39 is 5.82 Å². The first-order valence-corrected chi connectivity index (χ1v) is 7.14. The van der Waals surface area contributed by atoms with Crippen LogP contribution in [0.2, 0.25) is 5.02 Å². The van der Waals surface area contributed by atoms with E-state index >= 15 is 0 Å². The Hall–Kier alpha value is -1.69. The van der Waals surface area contributed by atoms with Gasteiger partial charge in [-0.3, -0.25) is 9.80 Å². The first-order chi connectivity index (χ1) is 10.1. The maximum absolute atomic E-state index is 13.2. The first kappa shape index (κ1) is 15.7. The van der Waals surface area contributed by atoms with Gasteiger partial charge >= 0.3 is 0 Å². The second-order valence-electron chi connectivity index (χ2n) is 5.09. The van der Waals surface area contributed by atoms with E-state index in [1.54, 1.807) is 0 Å². The van der Waals surface area contributed by atoms with Gasteiger partial charge in [0, 0.05) is 25.6 Å². The van der Waals surface area contributed by atoms with Gasteiger partial charge in [-0.1, -0.05) is 11.6 Å². The monoisotopic (exact) mass is 314 g/mol. The smallest absolute Gasteiger partial charge is 0.170 e. The van der Waals surface area contributed by atoms with Crippen LogP contribution in [0.3, 0.4) is 0 Å². The topological polar surface area (TPSA) is 59.0 Å². The standard InChI is InChI=1S/C14H16ClFN2O3/c15-13-4-3-12(7-14(13)16)21-9-11(19)2-1-10-5-6-18(8-10)17-20/h3-4,7,10H,1-2,5-6,8-9H2. The van der Waals surface area contributed by atoms with Crippen LogP contribution < -0.4 is 4.74 Å². The van der Waals surface area contributed by atoms with E-state index in [0.717, 1.165) is 12.5 Å². The molecule has 1 aromatic rings. The number of nitrogens with zero attached hydrogens (tertiary/aromatic N) is 2. The Bertz CT molecular complexity index is 527. The Kier molecular flexibility index (Phi) is 5.50. The third-order valence-corrected chi connectivity index (χ3v) is 3.81. The van der Waals surface area contributed by atoms with Crippen molar-refractivity contribution >= 4 is 17.4 Å². The summed E-state index contributed by atoms with van der Waals surface area (Å²) < 4.78 is 18.4. The van der Waals surface area contributed by atoms with E-state index in [1.807, 2.05) is 0 Å². The summed E-state index contributed by atoms with van der Waals surface area (Å²) in [5.74, 6) is -0.0287. The minimum atomic E-state index is -0.575. The number of hydrogen-bond acceptors (Lipinski definition) is 4. The van der Waals surface area contributed by atoms with Crippen LogP contribution in [-0.2, 0) is 4.79 Å². The van der Waals surface area contributed by atoms with Crippen LogP contribution in [0.25, 0.3) is 0 Å². The van der Waals surface area contributed by atoms with Gasteiger partial charge in [0.05, 0.1) is 10.3 Å². The Morgan fingerprint density at radius 2 is 2.33 bits per heavy atom. The highest BCUT2D eigenvalue weighted by Crippen LogP contribution is 2.22. The molecule has 2 rings (SSSR count). The molecule has 1 atom stereocenters. The molecule has 1 fully saturated rings. The van der Waals surface area contributed by atoms with Crippen molar-refractivity contribution in [2.45, 2.75) is 19.3 Å². The van der Waals surface area contributed by atoms with Crippen LogP contribution in [0.1, 0.15) is 19.3 Å². The molecule has 1 aliphatic heterocycles. The van der Waals surface area contributed by atoms with Crippen LogP contribution in [0.4, 0.5) is 4.39 Å². The Morgan fingerprint density at radius 3 is 3.00 bits per heavy atom. The van der Waals surface area contributed by atoms with Gasteiger partial charge in [0.1, 0.15) is 18.2 Å². The van der Waals surface area contributed by atoms with E-state index in [9.17, 15) is 14.1 Å². The molecular formula is C14H16ClFN2O3. The normalized spacial score (nSPS) is 17.8. The zero-order valence-corrected chi connectivity index (χ0v) is 12.2. The summed E-state index contributed by atoms with van der Waals surface area (Å²) in [6, 6.07) is 4.06. The lowest BCUT2D eigenvalue weighted by atomic mass is 10.0. The van der Waals surface area contributed by atoms with Crippen molar-refractivity contribution in [3.63, 3.8) is 0 Å². The van der Waals surface area contributed by atoms with Crippen LogP contribution in [0, 0.1) is 16.6 Å². The Labute approximate surface area is 127 Å². The second kappa shape index (κ2) is 7.36. The highest BCUT2D eigenvalue weighted by molar-refractivity contribution is 6.30.